The Morgan fingerprint density at radius 3 is 2.81 bits per heavy atom. The minimum absolute atomic E-state index is 0.380. The Morgan fingerprint density at radius 1 is 1.29 bits per heavy atom. The lowest BCUT2D eigenvalue weighted by Gasteiger charge is -2.08. The number of anilines is 1. The van der Waals surface area contributed by atoms with E-state index in [9.17, 15) is 0 Å². The van der Waals surface area contributed by atoms with E-state index in [1.807, 2.05) is 36.4 Å². The first-order chi connectivity index (χ1) is 10.1. The lowest BCUT2D eigenvalue weighted by Crippen LogP contribution is -2.22. The van der Waals surface area contributed by atoms with Crippen molar-refractivity contribution in [1.82, 2.24) is 0 Å². The van der Waals surface area contributed by atoms with Crippen LogP contribution in [-0.4, -0.2) is 13.1 Å². The molecule has 0 heterocycles. The van der Waals surface area contributed by atoms with Gasteiger partial charge in [-0.25, -0.2) is 4.99 Å². The Hall–Kier alpha value is -2.01. The normalized spacial score (nSPS) is 11.3. The summed E-state index contributed by atoms with van der Waals surface area (Å²) in [4.78, 5) is 4.36. The highest BCUT2D eigenvalue weighted by molar-refractivity contribution is 9.10. The quantitative estimate of drug-likeness (QED) is 0.654. The number of ether oxygens (including phenoxy) is 1. The summed E-state index contributed by atoms with van der Waals surface area (Å²) in [6.45, 7) is 2.60. The van der Waals surface area contributed by atoms with E-state index in [0.29, 0.717) is 12.5 Å². The van der Waals surface area contributed by atoms with Crippen LogP contribution in [0.4, 0.5) is 5.69 Å². The van der Waals surface area contributed by atoms with E-state index in [4.69, 9.17) is 10.5 Å². The van der Waals surface area contributed by atoms with E-state index in [1.165, 1.54) is 5.56 Å². The van der Waals surface area contributed by atoms with Gasteiger partial charge in [0.25, 0.3) is 0 Å². The maximum atomic E-state index is 5.91. The van der Waals surface area contributed by atoms with Gasteiger partial charge in [-0.2, -0.15) is 0 Å². The average Bonchev–Trinajstić information content (AvgIpc) is 2.46. The Bertz CT molecular complexity index is 656. The van der Waals surface area contributed by atoms with Crippen LogP contribution in [0.1, 0.15) is 11.1 Å². The van der Waals surface area contributed by atoms with Crippen molar-refractivity contribution < 1.29 is 4.74 Å². The van der Waals surface area contributed by atoms with Crippen LogP contribution in [-0.2, 0) is 6.54 Å². The molecule has 110 valence electrons. The van der Waals surface area contributed by atoms with Gasteiger partial charge in [-0.1, -0.05) is 28.1 Å². The van der Waals surface area contributed by atoms with Gasteiger partial charge >= 0.3 is 0 Å². The second kappa shape index (κ2) is 7.13. The van der Waals surface area contributed by atoms with Gasteiger partial charge in [0.1, 0.15) is 5.75 Å². The molecule has 0 aliphatic rings. The predicted octanol–water partition coefficient (Wildman–Crippen LogP) is 3.69. The summed E-state index contributed by atoms with van der Waals surface area (Å²) < 4.78 is 6.23. The summed E-state index contributed by atoms with van der Waals surface area (Å²) in [5, 5.41) is 3.06. The number of benzene rings is 2. The van der Waals surface area contributed by atoms with E-state index in [0.717, 1.165) is 21.5 Å². The van der Waals surface area contributed by atoms with Crippen LogP contribution in [0, 0.1) is 6.92 Å². The van der Waals surface area contributed by atoms with E-state index >= 15 is 0 Å². The Kier molecular flexibility index (Phi) is 5.22. The first-order valence-corrected chi connectivity index (χ1v) is 7.34. The number of nitrogens with zero attached hydrogens (tertiary/aromatic N) is 1. The third-order valence-corrected chi connectivity index (χ3v) is 3.56. The first-order valence-electron chi connectivity index (χ1n) is 6.54. The van der Waals surface area contributed by atoms with E-state index in [1.54, 1.807) is 7.11 Å². The highest BCUT2D eigenvalue weighted by Gasteiger charge is 2.00. The van der Waals surface area contributed by atoms with Crippen LogP contribution in [0.25, 0.3) is 0 Å². The standard InChI is InChI=1S/C16H18BrN3O/c1-11-8-13(17)7-6-12(11)10-19-16(18)20-14-4-3-5-15(9-14)21-2/h3-9H,10H2,1-2H3,(H3,18,19,20). The van der Waals surface area contributed by atoms with E-state index in [-0.39, 0.29) is 0 Å². The van der Waals surface area contributed by atoms with Crippen molar-refractivity contribution in [2.75, 3.05) is 12.4 Å². The number of aliphatic imine (C=N–C) groups is 1. The summed E-state index contributed by atoms with van der Waals surface area (Å²) >= 11 is 3.45. The van der Waals surface area contributed by atoms with Gasteiger partial charge in [0, 0.05) is 16.2 Å². The third kappa shape index (κ3) is 4.49. The van der Waals surface area contributed by atoms with Crippen LogP contribution < -0.4 is 15.8 Å². The smallest absolute Gasteiger partial charge is 0.193 e. The molecule has 5 heteroatoms. The summed E-state index contributed by atoms with van der Waals surface area (Å²) in [7, 11) is 1.63. The second-order valence-electron chi connectivity index (χ2n) is 4.63. The molecule has 3 N–H and O–H groups in total. The van der Waals surface area contributed by atoms with Crippen molar-refractivity contribution in [1.29, 1.82) is 0 Å². The minimum Gasteiger partial charge on any atom is -0.497 e. The van der Waals surface area contributed by atoms with Gasteiger partial charge in [0.15, 0.2) is 5.96 Å². The molecule has 2 aromatic rings. The van der Waals surface area contributed by atoms with Gasteiger partial charge in [-0.3, -0.25) is 0 Å². The summed E-state index contributed by atoms with van der Waals surface area (Å²) in [6, 6.07) is 13.7. The van der Waals surface area contributed by atoms with Crippen molar-refractivity contribution >= 4 is 27.6 Å². The summed E-state index contributed by atoms with van der Waals surface area (Å²) in [5.41, 5.74) is 9.09. The van der Waals surface area contributed by atoms with Gasteiger partial charge < -0.3 is 15.8 Å². The van der Waals surface area contributed by atoms with Crippen molar-refractivity contribution in [3.8, 4) is 5.75 Å². The Morgan fingerprint density at radius 2 is 2.10 bits per heavy atom. The number of guanidine groups is 1. The fourth-order valence-corrected chi connectivity index (χ4v) is 2.37. The lowest BCUT2D eigenvalue weighted by molar-refractivity contribution is 0.415. The molecular formula is C16H18BrN3O. The molecule has 4 nitrogen and oxygen atoms in total. The number of methoxy groups -OCH3 is 1. The zero-order chi connectivity index (χ0) is 15.2. The van der Waals surface area contributed by atoms with Crippen LogP contribution in [0.3, 0.4) is 0 Å². The van der Waals surface area contributed by atoms with Gasteiger partial charge in [-0.15, -0.1) is 0 Å². The number of aryl methyl sites for hydroxylation is 1. The number of hydrogen-bond donors (Lipinski definition) is 2. The number of hydrogen-bond acceptors (Lipinski definition) is 2. The molecule has 0 spiro atoms. The van der Waals surface area contributed by atoms with Crippen molar-refractivity contribution in [3.63, 3.8) is 0 Å². The lowest BCUT2D eigenvalue weighted by atomic mass is 10.1. The molecule has 21 heavy (non-hydrogen) atoms. The second-order valence-corrected chi connectivity index (χ2v) is 5.54. The van der Waals surface area contributed by atoms with Gasteiger partial charge in [0.2, 0.25) is 0 Å². The number of halogens is 1. The molecule has 0 aliphatic carbocycles. The minimum atomic E-state index is 0.380. The molecule has 0 aromatic heterocycles. The van der Waals surface area contributed by atoms with Crippen LogP contribution in [0.5, 0.6) is 5.75 Å². The number of nitrogens with one attached hydrogen (secondary N) is 1. The molecule has 0 amide bonds. The zero-order valence-electron chi connectivity index (χ0n) is 12.1. The summed E-state index contributed by atoms with van der Waals surface area (Å²) in [5.74, 6) is 1.15. The fraction of sp³-hybridized carbons (Fsp3) is 0.188. The number of nitrogens with two attached hydrogens (primary N) is 1. The number of rotatable bonds is 4. The van der Waals surface area contributed by atoms with E-state index in [2.05, 4.69) is 39.2 Å². The molecule has 0 unspecified atom stereocenters. The van der Waals surface area contributed by atoms with Crippen LogP contribution in [0.15, 0.2) is 51.9 Å². The van der Waals surface area contributed by atoms with E-state index < -0.39 is 0 Å². The maximum Gasteiger partial charge on any atom is 0.193 e. The topological polar surface area (TPSA) is 59.6 Å². The largest absolute Gasteiger partial charge is 0.497 e. The Labute approximate surface area is 133 Å². The zero-order valence-corrected chi connectivity index (χ0v) is 13.6. The molecule has 2 rings (SSSR count). The molecule has 0 radical (unpaired) electrons. The summed E-state index contributed by atoms with van der Waals surface area (Å²) in [6.07, 6.45) is 0. The molecule has 0 bridgehead atoms. The molecule has 0 saturated carbocycles. The van der Waals surface area contributed by atoms with Gasteiger partial charge in [-0.05, 0) is 42.3 Å². The van der Waals surface area contributed by atoms with Crippen molar-refractivity contribution in [2.45, 2.75) is 13.5 Å². The van der Waals surface area contributed by atoms with Crippen molar-refractivity contribution in [3.05, 3.63) is 58.1 Å². The van der Waals surface area contributed by atoms with Crippen molar-refractivity contribution in [2.24, 2.45) is 10.7 Å². The fourth-order valence-electron chi connectivity index (χ4n) is 1.90. The predicted molar refractivity (Wildman–Crippen MR) is 90.8 cm³/mol. The molecule has 0 atom stereocenters. The first kappa shape index (κ1) is 15.4. The maximum absolute atomic E-state index is 5.91. The SMILES string of the molecule is COc1cccc(NC(N)=NCc2ccc(Br)cc2C)c1. The average molecular weight is 348 g/mol. The highest BCUT2D eigenvalue weighted by atomic mass is 79.9. The highest BCUT2D eigenvalue weighted by Crippen LogP contribution is 2.18. The molecule has 0 fully saturated rings. The monoisotopic (exact) mass is 347 g/mol. The molecular weight excluding hydrogens is 330 g/mol. The molecule has 0 aliphatic heterocycles. The van der Waals surface area contributed by atoms with Crippen LogP contribution in [0.2, 0.25) is 0 Å². The third-order valence-electron chi connectivity index (χ3n) is 3.07. The Balaban J connectivity index is 2.03. The molecule has 0 saturated heterocycles. The van der Waals surface area contributed by atoms with Gasteiger partial charge in [0.05, 0.1) is 13.7 Å². The van der Waals surface area contributed by atoms with Crippen LogP contribution >= 0.6 is 15.9 Å². The molecule has 2 aromatic carbocycles.